The molecule has 0 aliphatic carbocycles. The highest BCUT2D eigenvalue weighted by Gasteiger charge is 2.34. The minimum absolute atomic E-state index is 0.158. The van der Waals surface area contributed by atoms with E-state index < -0.39 is 0 Å². The van der Waals surface area contributed by atoms with Gasteiger partial charge in [0.15, 0.2) is 0 Å². The predicted octanol–water partition coefficient (Wildman–Crippen LogP) is 2.81. The lowest BCUT2D eigenvalue weighted by atomic mass is 10.2. The molecule has 2 amide bonds. The lowest BCUT2D eigenvalue weighted by Crippen LogP contribution is -2.35. The Kier molecular flexibility index (Phi) is 3.58. The SMILES string of the molecule is O=C1NN(c2ccc(I)cc2)C(=O)C1=Cc1cccs1. The molecule has 20 heavy (non-hydrogen) atoms. The molecular formula is C14H9IN2O2S. The number of nitrogens with zero attached hydrogens (tertiary/aromatic N) is 1. The third-order valence-electron chi connectivity index (χ3n) is 2.81. The van der Waals surface area contributed by atoms with Gasteiger partial charge in [-0.15, -0.1) is 11.3 Å². The van der Waals surface area contributed by atoms with E-state index in [1.807, 2.05) is 29.6 Å². The van der Waals surface area contributed by atoms with E-state index in [-0.39, 0.29) is 17.4 Å². The highest BCUT2D eigenvalue weighted by molar-refractivity contribution is 14.1. The summed E-state index contributed by atoms with van der Waals surface area (Å²) in [5.74, 6) is -0.702. The monoisotopic (exact) mass is 396 g/mol. The van der Waals surface area contributed by atoms with E-state index in [0.717, 1.165) is 8.45 Å². The highest BCUT2D eigenvalue weighted by Crippen LogP contribution is 2.23. The largest absolute Gasteiger partial charge is 0.282 e. The third kappa shape index (κ3) is 2.48. The van der Waals surface area contributed by atoms with Crippen LogP contribution in [0, 0.1) is 3.57 Å². The van der Waals surface area contributed by atoms with Crippen LogP contribution in [0.15, 0.2) is 47.4 Å². The molecular weight excluding hydrogens is 387 g/mol. The first-order valence-electron chi connectivity index (χ1n) is 5.81. The number of hydrogen-bond donors (Lipinski definition) is 1. The summed E-state index contributed by atoms with van der Waals surface area (Å²) in [7, 11) is 0. The van der Waals surface area contributed by atoms with Crippen molar-refractivity contribution in [2.24, 2.45) is 0 Å². The van der Waals surface area contributed by atoms with Gasteiger partial charge in [0.25, 0.3) is 11.8 Å². The smallest absolute Gasteiger partial charge is 0.267 e. The van der Waals surface area contributed by atoms with Crippen LogP contribution in [0.2, 0.25) is 0 Å². The van der Waals surface area contributed by atoms with Crippen LogP contribution < -0.4 is 10.4 Å². The highest BCUT2D eigenvalue weighted by atomic mass is 127. The standard InChI is InChI=1S/C14H9IN2O2S/c15-9-3-5-10(6-4-9)17-14(19)12(13(18)16-17)8-11-2-1-7-20-11/h1-8H,(H,16,18). The Morgan fingerprint density at radius 2 is 1.90 bits per heavy atom. The molecule has 0 radical (unpaired) electrons. The maximum absolute atomic E-state index is 12.3. The average Bonchev–Trinajstić information content (AvgIpc) is 3.04. The summed E-state index contributed by atoms with van der Waals surface area (Å²) in [4.78, 5) is 25.1. The first-order chi connectivity index (χ1) is 9.65. The minimum atomic E-state index is -0.373. The van der Waals surface area contributed by atoms with E-state index in [1.54, 1.807) is 18.2 Å². The maximum atomic E-state index is 12.3. The molecule has 1 N–H and O–H groups in total. The van der Waals surface area contributed by atoms with Crippen LogP contribution in [-0.2, 0) is 9.59 Å². The molecule has 1 aromatic heterocycles. The van der Waals surface area contributed by atoms with Gasteiger partial charge < -0.3 is 0 Å². The molecule has 6 heteroatoms. The van der Waals surface area contributed by atoms with Gasteiger partial charge in [0.05, 0.1) is 5.69 Å². The molecule has 2 heterocycles. The second kappa shape index (κ2) is 5.37. The van der Waals surface area contributed by atoms with Crippen LogP contribution in [0.3, 0.4) is 0 Å². The summed E-state index contributed by atoms with van der Waals surface area (Å²) in [6, 6.07) is 11.1. The van der Waals surface area contributed by atoms with Gasteiger partial charge in [-0.05, 0) is 64.4 Å². The molecule has 1 aliphatic heterocycles. The van der Waals surface area contributed by atoms with E-state index in [9.17, 15) is 9.59 Å². The van der Waals surface area contributed by atoms with Gasteiger partial charge in [0, 0.05) is 8.45 Å². The van der Waals surface area contributed by atoms with Crippen LogP contribution in [0.4, 0.5) is 5.69 Å². The summed E-state index contributed by atoms with van der Waals surface area (Å²) in [6.07, 6.45) is 1.62. The number of amides is 2. The van der Waals surface area contributed by atoms with Crippen molar-refractivity contribution in [1.29, 1.82) is 0 Å². The maximum Gasteiger partial charge on any atom is 0.282 e. The molecule has 1 saturated heterocycles. The van der Waals surface area contributed by atoms with Crippen LogP contribution >= 0.6 is 33.9 Å². The Morgan fingerprint density at radius 1 is 1.15 bits per heavy atom. The number of carbonyl (C=O) groups is 2. The molecule has 1 fully saturated rings. The molecule has 0 atom stereocenters. The molecule has 0 bridgehead atoms. The topological polar surface area (TPSA) is 49.4 Å². The molecule has 0 unspecified atom stereocenters. The average molecular weight is 396 g/mol. The fourth-order valence-corrected chi connectivity index (χ4v) is 2.86. The Bertz CT molecular complexity index is 692. The Morgan fingerprint density at radius 3 is 2.55 bits per heavy atom. The van der Waals surface area contributed by atoms with Gasteiger partial charge in [0.1, 0.15) is 5.57 Å². The van der Waals surface area contributed by atoms with Crippen molar-refractivity contribution in [3.05, 3.63) is 55.8 Å². The number of hydrazine groups is 1. The fraction of sp³-hybridized carbons (Fsp3) is 0. The summed E-state index contributed by atoms with van der Waals surface area (Å²) < 4.78 is 1.07. The van der Waals surface area contributed by atoms with Gasteiger partial charge in [-0.3, -0.25) is 15.0 Å². The summed E-state index contributed by atoms with van der Waals surface area (Å²) >= 11 is 3.67. The lowest BCUT2D eigenvalue weighted by Gasteiger charge is -2.14. The summed E-state index contributed by atoms with van der Waals surface area (Å²) in [5, 5.41) is 3.18. The molecule has 1 aromatic carbocycles. The zero-order valence-corrected chi connectivity index (χ0v) is 13.1. The van der Waals surface area contributed by atoms with Crippen LogP contribution in [-0.4, -0.2) is 11.8 Å². The number of thiophene rings is 1. The van der Waals surface area contributed by atoms with Crippen molar-refractivity contribution < 1.29 is 9.59 Å². The van der Waals surface area contributed by atoms with Crippen LogP contribution in [0.1, 0.15) is 4.88 Å². The minimum Gasteiger partial charge on any atom is -0.267 e. The predicted molar refractivity (Wildman–Crippen MR) is 87.1 cm³/mol. The van der Waals surface area contributed by atoms with E-state index in [1.165, 1.54) is 16.3 Å². The third-order valence-corrected chi connectivity index (χ3v) is 4.34. The number of anilines is 1. The summed E-state index contributed by atoms with van der Waals surface area (Å²) in [6.45, 7) is 0. The number of hydrogen-bond acceptors (Lipinski definition) is 3. The van der Waals surface area contributed by atoms with Crippen molar-refractivity contribution in [3.63, 3.8) is 0 Å². The molecule has 2 aromatic rings. The van der Waals surface area contributed by atoms with E-state index in [2.05, 4.69) is 28.0 Å². The first kappa shape index (κ1) is 13.3. The second-order valence-corrected chi connectivity index (χ2v) is 6.36. The van der Waals surface area contributed by atoms with E-state index in [0.29, 0.717) is 5.69 Å². The van der Waals surface area contributed by atoms with Gasteiger partial charge >= 0.3 is 0 Å². The van der Waals surface area contributed by atoms with Crippen molar-refractivity contribution in [2.45, 2.75) is 0 Å². The number of benzene rings is 1. The van der Waals surface area contributed by atoms with Crippen LogP contribution in [0.25, 0.3) is 6.08 Å². The van der Waals surface area contributed by atoms with Crippen molar-refractivity contribution in [1.82, 2.24) is 5.43 Å². The van der Waals surface area contributed by atoms with E-state index in [4.69, 9.17) is 0 Å². The number of rotatable bonds is 2. The number of halogens is 1. The normalized spacial score (nSPS) is 16.9. The lowest BCUT2D eigenvalue weighted by molar-refractivity contribution is -0.117. The Labute approximate surface area is 133 Å². The fourth-order valence-electron chi connectivity index (χ4n) is 1.85. The van der Waals surface area contributed by atoms with Gasteiger partial charge in [-0.25, -0.2) is 5.01 Å². The van der Waals surface area contributed by atoms with Crippen molar-refractivity contribution in [3.8, 4) is 0 Å². The van der Waals surface area contributed by atoms with Gasteiger partial charge in [-0.1, -0.05) is 6.07 Å². The van der Waals surface area contributed by atoms with Crippen molar-refractivity contribution >= 4 is 57.5 Å². The van der Waals surface area contributed by atoms with E-state index >= 15 is 0 Å². The Balaban J connectivity index is 1.92. The molecule has 4 nitrogen and oxygen atoms in total. The molecule has 0 saturated carbocycles. The van der Waals surface area contributed by atoms with Crippen molar-refractivity contribution in [2.75, 3.05) is 5.01 Å². The van der Waals surface area contributed by atoms with Gasteiger partial charge in [-0.2, -0.15) is 0 Å². The number of nitrogens with one attached hydrogen (secondary N) is 1. The molecule has 1 aliphatic rings. The first-order valence-corrected chi connectivity index (χ1v) is 7.77. The molecule has 100 valence electrons. The van der Waals surface area contributed by atoms with Gasteiger partial charge in [0.2, 0.25) is 0 Å². The zero-order valence-electron chi connectivity index (χ0n) is 10.2. The second-order valence-electron chi connectivity index (χ2n) is 4.13. The quantitative estimate of drug-likeness (QED) is 0.482. The summed E-state index contributed by atoms with van der Waals surface area (Å²) in [5.41, 5.74) is 3.39. The molecule has 0 spiro atoms. The molecule has 3 rings (SSSR count). The zero-order chi connectivity index (χ0) is 14.1. The van der Waals surface area contributed by atoms with Crippen LogP contribution in [0.5, 0.6) is 0 Å². The number of carbonyl (C=O) groups excluding carboxylic acids is 2. The Hall–Kier alpha value is -1.67.